The molecule has 0 aliphatic carbocycles. The first-order valence-electron chi connectivity index (χ1n) is 7.27. The number of aryl methyl sites for hydroxylation is 2. The highest BCUT2D eigenvalue weighted by Gasteiger charge is 2.12. The average Bonchev–Trinajstić information content (AvgIpc) is 2.81. The summed E-state index contributed by atoms with van der Waals surface area (Å²) < 4.78 is 24.7. The molecule has 0 aliphatic heterocycles. The first kappa shape index (κ1) is 17.5. The molecule has 23 heavy (non-hydrogen) atoms. The quantitative estimate of drug-likeness (QED) is 0.833. The lowest BCUT2D eigenvalue weighted by molar-refractivity contribution is 0.103. The highest BCUT2D eigenvalue weighted by Crippen LogP contribution is 2.24. The molecule has 0 bridgehead atoms. The Labute approximate surface area is 140 Å². The number of hydrogen-bond donors (Lipinski definition) is 2. The second-order valence-electron chi connectivity index (χ2n) is 5.35. The van der Waals surface area contributed by atoms with E-state index in [0.29, 0.717) is 16.3 Å². The summed E-state index contributed by atoms with van der Waals surface area (Å²) in [4.78, 5) is 14.1. The first-order chi connectivity index (χ1) is 10.8. The first-order valence-corrected chi connectivity index (χ1v) is 9.98. The minimum absolute atomic E-state index is 0.149. The zero-order valence-corrected chi connectivity index (χ0v) is 15.0. The van der Waals surface area contributed by atoms with Crippen LogP contribution in [0.5, 0.6) is 0 Å². The molecule has 1 aromatic heterocycles. The molecule has 0 fully saturated rings. The van der Waals surface area contributed by atoms with Crippen molar-refractivity contribution < 1.29 is 13.2 Å². The number of thiophene rings is 1. The predicted molar refractivity (Wildman–Crippen MR) is 95.9 cm³/mol. The van der Waals surface area contributed by atoms with Crippen molar-refractivity contribution in [2.45, 2.75) is 26.7 Å². The molecule has 124 valence electrons. The highest BCUT2D eigenvalue weighted by atomic mass is 32.2. The van der Waals surface area contributed by atoms with E-state index in [1.165, 1.54) is 21.8 Å². The molecule has 2 N–H and O–H groups in total. The summed E-state index contributed by atoms with van der Waals surface area (Å²) in [6.07, 6.45) is 3.12. The van der Waals surface area contributed by atoms with Gasteiger partial charge in [-0.05, 0) is 49.2 Å². The second-order valence-corrected chi connectivity index (χ2v) is 8.35. The number of sulfonamides is 1. The average molecular weight is 352 g/mol. The van der Waals surface area contributed by atoms with E-state index in [9.17, 15) is 13.2 Å². The summed E-state index contributed by atoms with van der Waals surface area (Å²) in [6.45, 7) is 4.14. The van der Waals surface area contributed by atoms with Crippen LogP contribution in [0.15, 0.2) is 30.3 Å². The maximum atomic E-state index is 12.3. The molecule has 0 spiro atoms. The maximum absolute atomic E-state index is 12.3. The summed E-state index contributed by atoms with van der Waals surface area (Å²) in [6, 6.07) is 8.49. The van der Waals surface area contributed by atoms with Crippen molar-refractivity contribution in [2.24, 2.45) is 0 Å². The summed E-state index contributed by atoms with van der Waals surface area (Å²) in [7, 11) is -3.30. The molecule has 1 aromatic carbocycles. The molecule has 1 heterocycles. The van der Waals surface area contributed by atoms with Gasteiger partial charge in [0.1, 0.15) is 0 Å². The van der Waals surface area contributed by atoms with Crippen LogP contribution >= 0.6 is 11.3 Å². The van der Waals surface area contributed by atoms with Gasteiger partial charge in [0.05, 0.1) is 11.1 Å². The van der Waals surface area contributed by atoms with Gasteiger partial charge in [0.2, 0.25) is 10.0 Å². The van der Waals surface area contributed by atoms with Gasteiger partial charge in [-0.1, -0.05) is 13.3 Å². The molecule has 0 unspecified atom stereocenters. The molecule has 7 heteroatoms. The number of nitrogens with one attached hydrogen (secondary N) is 2. The molecule has 0 saturated heterocycles. The fraction of sp³-hybridized carbons (Fsp3) is 0.312. The SMILES string of the molecule is CCCc1cc(C(=O)Nc2ccc(NS(C)(=O)=O)cc2)sc1C. The van der Waals surface area contributed by atoms with Gasteiger partial charge in [-0.3, -0.25) is 9.52 Å². The summed E-state index contributed by atoms with van der Waals surface area (Å²) in [5, 5.41) is 2.83. The summed E-state index contributed by atoms with van der Waals surface area (Å²) in [5.41, 5.74) is 2.30. The topological polar surface area (TPSA) is 75.3 Å². The van der Waals surface area contributed by atoms with Gasteiger partial charge in [0.25, 0.3) is 5.91 Å². The Morgan fingerprint density at radius 2 is 1.78 bits per heavy atom. The van der Waals surface area contributed by atoms with Crippen LogP contribution in [0.25, 0.3) is 0 Å². The van der Waals surface area contributed by atoms with Crippen LogP contribution < -0.4 is 10.0 Å². The molecule has 1 amide bonds. The van der Waals surface area contributed by atoms with Gasteiger partial charge >= 0.3 is 0 Å². The van der Waals surface area contributed by atoms with Crippen LogP contribution in [0.4, 0.5) is 11.4 Å². The zero-order chi connectivity index (χ0) is 17.0. The van der Waals surface area contributed by atoms with Crippen molar-refractivity contribution >= 4 is 38.6 Å². The molecule has 5 nitrogen and oxygen atoms in total. The van der Waals surface area contributed by atoms with Gasteiger partial charge < -0.3 is 5.32 Å². The van der Waals surface area contributed by atoms with Crippen LogP contribution in [0.1, 0.15) is 33.5 Å². The lowest BCUT2D eigenvalue weighted by Crippen LogP contribution is -2.11. The maximum Gasteiger partial charge on any atom is 0.265 e. The lowest BCUT2D eigenvalue weighted by atomic mass is 10.1. The Bertz CT molecular complexity index is 793. The normalized spacial score (nSPS) is 11.3. The van der Waals surface area contributed by atoms with E-state index in [0.717, 1.165) is 19.1 Å². The third kappa shape index (κ3) is 5.07. The Kier molecular flexibility index (Phi) is 5.43. The molecule has 0 atom stereocenters. The Morgan fingerprint density at radius 3 is 2.35 bits per heavy atom. The fourth-order valence-corrected chi connectivity index (χ4v) is 3.71. The Morgan fingerprint density at radius 1 is 1.17 bits per heavy atom. The minimum Gasteiger partial charge on any atom is -0.321 e. The number of carbonyl (C=O) groups is 1. The zero-order valence-electron chi connectivity index (χ0n) is 13.3. The van der Waals surface area contributed by atoms with Crippen molar-refractivity contribution in [3.05, 3.63) is 45.6 Å². The number of benzene rings is 1. The fourth-order valence-electron chi connectivity index (χ4n) is 2.18. The predicted octanol–water partition coefficient (Wildman–Crippen LogP) is 3.63. The van der Waals surface area contributed by atoms with Crippen molar-refractivity contribution in [2.75, 3.05) is 16.3 Å². The van der Waals surface area contributed by atoms with Crippen molar-refractivity contribution in [1.82, 2.24) is 0 Å². The Balaban J connectivity index is 2.07. The van der Waals surface area contributed by atoms with E-state index in [4.69, 9.17) is 0 Å². The standard InChI is InChI=1S/C16H20N2O3S2/c1-4-5-12-10-15(22-11(12)2)16(19)17-13-6-8-14(9-7-13)18-23(3,20)21/h6-10,18H,4-5H2,1-3H3,(H,17,19). The van der Waals surface area contributed by atoms with Crippen LogP contribution in [-0.4, -0.2) is 20.6 Å². The van der Waals surface area contributed by atoms with Gasteiger partial charge in [-0.2, -0.15) is 0 Å². The Hall–Kier alpha value is -1.86. The molecule has 0 saturated carbocycles. The largest absolute Gasteiger partial charge is 0.321 e. The van der Waals surface area contributed by atoms with E-state index < -0.39 is 10.0 Å². The number of carbonyl (C=O) groups excluding carboxylic acids is 1. The van der Waals surface area contributed by atoms with Crippen molar-refractivity contribution in [3.8, 4) is 0 Å². The monoisotopic (exact) mass is 352 g/mol. The third-order valence-corrected chi connectivity index (χ3v) is 4.91. The van der Waals surface area contributed by atoms with E-state index in [1.54, 1.807) is 24.3 Å². The molecular weight excluding hydrogens is 332 g/mol. The molecule has 0 aliphatic rings. The van der Waals surface area contributed by atoms with Crippen molar-refractivity contribution in [3.63, 3.8) is 0 Å². The number of hydrogen-bond acceptors (Lipinski definition) is 4. The van der Waals surface area contributed by atoms with E-state index >= 15 is 0 Å². The molecule has 2 rings (SSSR count). The summed E-state index contributed by atoms with van der Waals surface area (Å²) in [5.74, 6) is -0.149. The minimum atomic E-state index is -3.30. The van der Waals surface area contributed by atoms with Gasteiger partial charge in [-0.25, -0.2) is 8.42 Å². The van der Waals surface area contributed by atoms with Crippen LogP contribution in [0.2, 0.25) is 0 Å². The summed E-state index contributed by atoms with van der Waals surface area (Å²) >= 11 is 1.49. The van der Waals surface area contributed by atoms with Crippen LogP contribution in [-0.2, 0) is 16.4 Å². The smallest absolute Gasteiger partial charge is 0.265 e. The van der Waals surface area contributed by atoms with Gasteiger partial charge in [-0.15, -0.1) is 11.3 Å². The number of amides is 1. The number of rotatable bonds is 6. The number of anilines is 2. The third-order valence-electron chi connectivity index (χ3n) is 3.21. The van der Waals surface area contributed by atoms with E-state index in [2.05, 4.69) is 17.0 Å². The van der Waals surface area contributed by atoms with Crippen LogP contribution in [0.3, 0.4) is 0 Å². The molecule has 0 radical (unpaired) electrons. The molecule has 2 aromatic rings. The second kappa shape index (κ2) is 7.14. The lowest BCUT2D eigenvalue weighted by Gasteiger charge is -2.06. The van der Waals surface area contributed by atoms with Crippen LogP contribution in [0, 0.1) is 6.92 Å². The van der Waals surface area contributed by atoms with Gasteiger partial charge in [0.15, 0.2) is 0 Å². The van der Waals surface area contributed by atoms with Crippen molar-refractivity contribution in [1.29, 1.82) is 0 Å². The molecular formula is C16H20N2O3S2. The van der Waals surface area contributed by atoms with Gasteiger partial charge in [0, 0.05) is 16.3 Å². The van der Waals surface area contributed by atoms with E-state index in [-0.39, 0.29) is 5.91 Å². The van der Waals surface area contributed by atoms with E-state index in [1.807, 2.05) is 13.0 Å². The highest BCUT2D eigenvalue weighted by molar-refractivity contribution is 7.92.